The van der Waals surface area contributed by atoms with Crippen molar-refractivity contribution in [2.45, 2.75) is 19.4 Å². The van der Waals surface area contributed by atoms with Crippen molar-refractivity contribution in [2.75, 3.05) is 14.2 Å². The molecule has 3 heteroatoms. The highest BCUT2D eigenvalue weighted by molar-refractivity contribution is 5.38. The molecule has 100 valence electrons. The zero-order valence-electron chi connectivity index (χ0n) is 11.7. The van der Waals surface area contributed by atoms with Gasteiger partial charge < -0.3 is 10.1 Å². The van der Waals surface area contributed by atoms with Gasteiger partial charge in [-0.2, -0.15) is 0 Å². The Morgan fingerprint density at radius 3 is 2.79 bits per heavy atom. The van der Waals surface area contributed by atoms with Gasteiger partial charge in [0.2, 0.25) is 5.88 Å². The molecule has 0 saturated carbocycles. The third-order valence-corrected chi connectivity index (χ3v) is 3.29. The van der Waals surface area contributed by atoms with Crippen LogP contribution in [0.1, 0.15) is 29.7 Å². The second-order valence-electron chi connectivity index (χ2n) is 4.42. The Morgan fingerprint density at radius 1 is 1.26 bits per heavy atom. The van der Waals surface area contributed by atoms with E-state index in [0.29, 0.717) is 5.88 Å². The number of aromatic nitrogens is 1. The van der Waals surface area contributed by atoms with Crippen LogP contribution in [0.3, 0.4) is 0 Å². The van der Waals surface area contributed by atoms with E-state index in [1.54, 1.807) is 13.3 Å². The van der Waals surface area contributed by atoms with Crippen LogP contribution >= 0.6 is 0 Å². The van der Waals surface area contributed by atoms with E-state index in [4.69, 9.17) is 4.74 Å². The van der Waals surface area contributed by atoms with Gasteiger partial charge in [-0.1, -0.05) is 37.3 Å². The van der Waals surface area contributed by atoms with E-state index in [9.17, 15) is 0 Å². The summed E-state index contributed by atoms with van der Waals surface area (Å²) in [4.78, 5) is 4.27. The third-order valence-electron chi connectivity index (χ3n) is 3.29. The number of rotatable bonds is 5. The van der Waals surface area contributed by atoms with E-state index in [-0.39, 0.29) is 6.04 Å². The number of benzene rings is 1. The van der Waals surface area contributed by atoms with Gasteiger partial charge in [0.05, 0.1) is 13.2 Å². The Labute approximate surface area is 114 Å². The third kappa shape index (κ3) is 2.93. The fourth-order valence-electron chi connectivity index (χ4n) is 2.29. The molecule has 0 fully saturated rings. The van der Waals surface area contributed by atoms with Crippen LogP contribution in [0.25, 0.3) is 0 Å². The lowest BCUT2D eigenvalue weighted by Crippen LogP contribution is -2.19. The molecular weight excluding hydrogens is 236 g/mol. The number of ether oxygens (including phenoxy) is 1. The lowest BCUT2D eigenvalue weighted by atomic mass is 9.97. The lowest BCUT2D eigenvalue weighted by Gasteiger charge is -2.19. The first-order chi connectivity index (χ1) is 9.30. The number of nitrogens with one attached hydrogen (secondary N) is 1. The maximum atomic E-state index is 5.36. The van der Waals surface area contributed by atoms with Gasteiger partial charge in [0.15, 0.2) is 0 Å². The van der Waals surface area contributed by atoms with Gasteiger partial charge in [0, 0.05) is 11.8 Å². The molecule has 1 unspecified atom stereocenters. The van der Waals surface area contributed by atoms with E-state index < -0.39 is 0 Å². The average molecular weight is 256 g/mol. The molecule has 0 bridgehead atoms. The average Bonchev–Trinajstić information content (AvgIpc) is 2.49. The molecule has 0 aliphatic rings. The molecule has 0 saturated heterocycles. The van der Waals surface area contributed by atoms with Crippen LogP contribution in [0.15, 0.2) is 42.6 Å². The summed E-state index contributed by atoms with van der Waals surface area (Å²) < 4.78 is 5.36. The molecule has 2 rings (SSSR count). The second kappa shape index (κ2) is 6.34. The molecule has 1 atom stereocenters. The summed E-state index contributed by atoms with van der Waals surface area (Å²) in [5.41, 5.74) is 3.62. The summed E-state index contributed by atoms with van der Waals surface area (Å²) in [7, 11) is 3.61. The number of hydrogen-bond acceptors (Lipinski definition) is 3. The SMILES string of the molecule is CCc1cccc(C(NC)c2cccnc2OC)c1. The maximum absolute atomic E-state index is 5.36. The van der Waals surface area contributed by atoms with Gasteiger partial charge in [-0.3, -0.25) is 0 Å². The maximum Gasteiger partial charge on any atom is 0.218 e. The minimum absolute atomic E-state index is 0.0927. The lowest BCUT2D eigenvalue weighted by molar-refractivity contribution is 0.388. The van der Waals surface area contributed by atoms with Gasteiger partial charge in [-0.15, -0.1) is 0 Å². The summed E-state index contributed by atoms with van der Waals surface area (Å²) in [6.45, 7) is 2.16. The molecule has 0 amide bonds. The largest absolute Gasteiger partial charge is 0.481 e. The molecule has 0 radical (unpaired) electrons. The monoisotopic (exact) mass is 256 g/mol. The van der Waals surface area contributed by atoms with Gasteiger partial charge >= 0.3 is 0 Å². The molecular formula is C16H20N2O. The summed E-state index contributed by atoms with van der Waals surface area (Å²) in [6, 6.07) is 12.7. The number of aryl methyl sites for hydroxylation is 1. The van der Waals surface area contributed by atoms with E-state index in [1.807, 2.05) is 19.2 Å². The standard InChI is InChI=1S/C16H20N2O/c1-4-12-7-5-8-13(11-12)15(17-2)14-9-6-10-18-16(14)19-3/h5-11,15,17H,4H2,1-3H3. The molecule has 0 spiro atoms. The van der Waals surface area contributed by atoms with E-state index in [0.717, 1.165) is 12.0 Å². The van der Waals surface area contributed by atoms with Crippen LogP contribution < -0.4 is 10.1 Å². The van der Waals surface area contributed by atoms with Crippen molar-refractivity contribution in [3.63, 3.8) is 0 Å². The van der Waals surface area contributed by atoms with Crippen molar-refractivity contribution in [1.82, 2.24) is 10.3 Å². The Kier molecular flexibility index (Phi) is 4.53. The highest BCUT2D eigenvalue weighted by atomic mass is 16.5. The molecule has 3 nitrogen and oxygen atoms in total. The fraction of sp³-hybridized carbons (Fsp3) is 0.312. The normalized spacial score (nSPS) is 12.2. The first-order valence-electron chi connectivity index (χ1n) is 6.55. The Hall–Kier alpha value is -1.87. The van der Waals surface area contributed by atoms with Crippen LogP contribution in [-0.2, 0) is 6.42 Å². The first-order valence-corrected chi connectivity index (χ1v) is 6.55. The Morgan fingerprint density at radius 2 is 2.11 bits per heavy atom. The molecule has 1 N–H and O–H groups in total. The Balaban J connectivity index is 2.43. The highest BCUT2D eigenvalue weighted by Crippen LogP contribution is 2.28. The predicted molar refractivity (Wildman–Crippen MR) is 77.5 cm³/mol. The molecule has 0 aliphatic carbocycles. The summed E-state index contributed by atoms with van der Waals surface area (Å²) in [6.07, 6.45) is 2.78. The van der Waals surface area contributed by atoms with Crippen LogP contribution in [0, 0.1) is 0 Å². The van der Waals surface area contributed by atoms with E-state index in [2.05, 4.69) is 41.5 Å². The van der Waals surface area contributed by atoms with Crippen LogP contribution in [0.4, 0.5) is 0 Å². The molecule has 1 heterocycles. The zero-order valence-corrected chi connectivity index (χ0v) is 11.7. The van der Waals surface area contributed by atoms with Crippen LogP contribution in [-0.4, -0.2) is 19.1 Å². The minimum Gasteiger partial charge on any atom is -0.481 e. The Bertz CT molecular complexity index is 540. The van der Waals surface area contributed by atoms with Crippen molar-refractivity contribution < 1.29 is 4.74 Å². The van der Waals surface area contributed by atoms with E-state index >= 15 is 0 Å². The van der Waals surface area contributed by atoms with Gasteiger partial charge in [0.25, 0.3) is 0 Å². The predicted octanol–water partition coefficient (Wildman–Crippen LogP) is 2.96. The van der Waals surface area contributed by atoms with Crippen molar-refractivity contribution in [3.05, 3.63) is 59.3 Å². The van der Waals surface area contributed by atoms with Crippen molar-refractivity contribution >= 4 is 0 Å². The van der Waals surface area contributed by atoms with Crippen molar-refractivity contribution in [1.29, 1.82) is 0 Å². The molecule has 1 aromatic carbocycles. The van der Waals surface area contributed by atoms with Crippen molar-refractivity contribution in [2.24, 2.45) is 0 Å². The van der Waals surface area contributed by atoms with Gasteiger partial charge in [0.1, 0.15) is 0 Å². The fourth-order valence-corrected chi connectivity index (χ4v) is 2.29. The van der Waals surface area contributed by atoms with E-state index in [1.165, 1.54) is 11.1 Å². The smallest absolute Gasteiger partial charge is 0.218 e. The first kappa shape index (κ1) is 13.6. The summed E-state index contributed by atoms with van der Waals surface area (Å²) in [5.74, 6) is 0.670. The molecule has 19 heavy (non-hydrogen) atoms. The quantitative estimate of drug-likeness (QED) is 0.893. The van der Waals surface area contributed by atoms with Crippen LogP contribution in [0.5, 0.6) is 5.88 Å². The number of pyridine rings is 1. The topological polar surface area (TPSA) is 34.2 Å². The van der Waals surface area contributed by atoms with Crippen LogP contribution in [0.2, 0.25) is 0 Å². The molecule has 0 aliphatic heterocycles. The number of nitrogens with zero attached hydrogens (tertiary/aromatic N) is 1. The van der Waals surface area contributed by atoms with Crippen molar-refractivity contribution in [3.8, 4) is 5.88 Å². The molecule has 2 aromatic rings. The number of methoxy groups -OCH3 is 1. The summed E-state index contributed by atoms with van der Waals surface area (Å²) >= 11 is 0. The minimum atomic E-state index is 0.0927. The zero-order chi connectivity index (χ0) is 13.7. The molecule has 1 aromatic heterocycles. The van der Waals surface area contributed by atoms with Gasteiger partial charge in [-0.05, 0) is 30.7 Å². The van der Waals surface area contributed by atoms with Gasteiger partial charge in [-0.25, -0.2) is 4.98 Å². The highest BCUT2D eigenvalue weighted by Gasteiger charge is 2.17. The number of hydrogen-bond donors (Lipinski definition) is 1. The second-order valence-corrected chi connectivity index (χ2v) is 4.42. The summed E-state index contributed by atoms with van der Waals surface area (Å²) in [5, 5.41) is 3.34.